The zero-order valence-electron chi connectivity index (χ0n) is 7.33. The molecular formula is C8H10BrN3OS. The minimum atomic E-state index is 0.0512. The fourth-order valence-corrected chi connectivity index (χ4v) is 1.22. The molecule has 1 aromatic heterocycles. The highest BCUT2D eigenvalue weighted by atomic mass is 79.9. The number of hydrogen-bond acceptors (Lipinski definition) is 3. The summed E-state index contributed by atoms with van der Waals surface area (Å²) in [7, 11) is 0. The molecule has 0 aliphatic carbocycles. The molecule has 1 rings (SSSR count). The van der Waals surface area contributed by atoms with Crippen LogP contribution in [0.15, 0.2) is 22.8 Å². The summed E-state index contributed by atoms with van der Waals surface area (Å²) in [5.41, 5.74) is 0. The molecule has 76 valence electrons. The van der Waals surface area contributed by atoms with Gasteiger partial charge in [-0.3, -0.25) is 0 Å². The normalized spacial score (nSPS) is 9.57. The number of nitrogens with one attached hydrogen (secondary N) is 2. The molecule has 0 unspecified atom stereocenters. The minimum absolute atomic E-state index is 0.0512. The number of thiocarbonyl (C=S) groups is 1. The number of nitrogens with zero attached hydrogens (tertiary/aromatic N) is 1. The topological polar surface area (TPSA) is 57.2 Å². The quantitative estimate of drug-likeness (QED) is 0.722. The average Bonchev–Trinajstić information content (AvgIpc) is 2.18. The zero-order valence-corrected chi connectivity index (χ0v) is 9.73. The highest BCUT2D eigenvalue weighted by molar-refractivity contribution is 9.10. The Balaban J connectivity index is 2.44. The number of aliphatic hydroxyl groups excluding tert-OH is 1. The Morgan fingerprint density at radius 3 is 2.93 bits per heavy atom. The molecule has 3 N–H and O–H groups in total. The Bertz CT molecular complexity index is 304. The molecular weight excluding hydrogens is 266 g/mol. The number of rotatable bonds is 3. The standard InChI is InChI=1S/C8H10BrN3OS/c9-6-1-2-7(11-5-6)12-8(14)10-3-4-13/h1-2,5,13H,3-4H2,(H2,10,11,12,14). The first-order valence-electron chi connectivity index (χ1n) is 3.99. The first-order valence-corrected chi connectivity index (χ1v) is 5.20. The molecule has 6 heteroatoms. The Labute approximate surface area is 95.9 Å². The van der Waals surface area contributed by atoms with Gasteiger partial charge in [0.25, 0.3) is 0 Å². The maximum atomic E-state index is 8.55. The van der Waals surface area contributed by atoms with Gasteiger partial charge in [-0.15, -0.1) is 0 Å². The first-order chi connectivity index (χ1) is 6.72. The molecule has 0 amide bonds. The molecule has 1 heterocycles. The van der Waals surface area contributed by atoms with Crippen LogP contribution in [-0.4, -0.2) is 28.4 Å². The monoisotopic (exact) mass is 275 g/mol. The highest BCUT2D eigenvalue weighted by Gasteiger charge is 1.96. The Kier molecular flexibility index (Phi) is 4.78. The third kappa shape index (κ3) is 3.99. The van der Waals surface area contributed by atoms with E-state index in [9.17, 15) is 0 Å². The van der Waals surface area contributed by atoms with Gasteiger partial charge in [0, 0.05) is 17.2 Å². The lowest BCUT2D eigenvalue weighted by Gasteiger charge is -2.07. The van der Waals surface area contributed by atoms with Gasteiger partial charge in [0.2, 0.25) is 0 Å². The Morgan fingerprint density at radius 1 is 1.57 bits per heavy atom. The van der Waals surface area contributed by atoms with Crippen molar-refractivity contribution in [2.45, 2.75) is 0 Å². The van der Waals surface area contributed by atoms with Gasteiger partial charge >= 0.3 is 0 Å². The summed E-state index contributed by atoms with van der Waals surface area (Å²) in [6, 6.07) is 3.67. The van der Waals surface area contributed by atoms with Gasteiger partial charge in [0.1, 0.15) is 5.82 Å². The molecule has 0 spiro atoms. The van der Waals surface area contributed by atoms with Gasteiger partial charge in [0.05, 0.1) is 6.61 Å². The van der Waals surface area contributed by atoms with Crippen molar-refractivity contribution in [3.05, 3.63) is 22.8 Å². The van der Waals surface area contributed by atoms with Gasteiger partial charge in [-0.25, -0.2) is 4.98 Å². The van der Waals surface area contributed by atoms with E-state index in [-0.39, 0.29) is 6.61 Å². The number of halogens is 1. The van der Waals surface area contributed by atoms with Crippen LogP contribution in [0.2, 0.25) is 0 Å². The molecule has 0 radical (unpaired) electrons. The van der Waals surface area contributed by atoms with E-state index in [2.05, 4.69) is 31.5 Å². The van der Waals surface area contributed by atoms with Gasteiger partial charge in [-0.2, -0.15) is 0 Å². The van der Waals surface area contributed by atoms with E-state index in [1.165, 1.54) is 0 Å². The molecule has 0 aliphatic rings. The fraction of sp³-hybridized carbons (Fsp3) is 0.250. The van der Waals surface area contributed by atoms with E-state index in [0.717, 1.165) is 4.47 Å². The summed E-state index contributed by atoms with van der Waals surface area (Å²) >= 11 is 8.23. The van der Waals surface area contributed by atoms with E-state index >= 15 is 0 Å². The van der Waals surface area contributed by atoms with E-state index in [1.54, 1.807) is 12.3 Å². The van der Waals surface area contributed by atoms with Crippen LogP contribution in [0.4, 0.5) is 5.82 Å². The van der Waals surface area contributed by atoms with Crippen molar-refractivity contribution in [1.82, 2.24) is 10.3 Å². The molecule has 4 nitrogen and oxygen atoms in total. The average molecular weight is 276 g/mol. The lowest BCUT2D eigenvalue weighted by molar-refractivity contribution is 0.300. The Hall–Kier alpha value is -0.720. The summed E-state index contributed by atoms with van der Waals surface area (Å²) in [6.45, 7) is 0.484. The van der Waals surface area contributed by atoms with Gasteiger partial charge in [-0.1, -0.05) is 0 Å². The van der Waals surface area contributed by atoms with Crippen LogP contribution in [-0.2, 0) is 0 Å². The summed E-state index contributed by atoms with van der Waals surface area (Å²) in [6.07, 6.45) is 1.68. The maximum absolute atomic E-state index is 8.55. The zero-order chi connectivity index (χ0) is 10.4. The molecule has 0 bridgehead atoms. The first kappa shape index (κ1) is 11.4. The van der Waals surface area contributed by atoms with Crippen molar-refractivity contribution in [2.75, 3.05) is 18.5 Å². The fourth-order valence-electron chi connectivity index (χ4n) is 0.780. The van der Waals surface area contributed by atoms with Gasteiger partial charge < -0.3 is 15.7 Å². The van der Waals surface area contributed by atoms with Crippen molar-refractivity contribution < 1.29 is 5.11 Å². The van der Waals surface area contributed by atoms with Crippen molar-refractivity contribution in [3.63, 3.8) is 0 Å². The second-order valence-electron chi connectivity index (χ2n) is 2.47. The predicted octanol–water partition coefficient (Wildman–Crippen LogP) is 1.12. The van der Waals surface area contributed by atoms with Crippen molar-refractivity contribution in [2.24, 2.45) is 0 Å². The number of anilines is 1. The molecule has 0 saturated carbocycles. The van der Waals surface area contributed by atoms with Crippen LogP contribution >= 0.6 is 28.1 Å². The molecule has 14 heavy (non-hydrogen) atoms. The third-order valence-electron chi connectivity index (χ3n) is 1.37. The van der Waals surface area contributed by atoms with Crippen LogP contribution in [0, 0.1) is 0 Å². The highest BCUT2D eigenvalue weighted by Crippen LogP contribution is 2.09. The third-order valence-corrected chi connectivity index (χ3v) is 2.08. The van der Waals surface area contributed by atoms with Crippen LogP contribution in [0.3, 0.4) is 0 Å². The lowest BCUT2D eigenvalue weighted by atomic mass is 10.5. The van der Waals surface area contributed by atoms with Crippen molar-refractivity contribution in [3.8, 4) is 0 Å². The van der Waals surface area contributed by atoms with E-state index in [0.29, 0.717) is 17.5 Å². The number of pyridine rings is 1. The summed E-state index contributed by atoms with van der Waals surface area (Å²) in [5.74, 6) is 0.670. The molecule has 1 aromatic rings. The van der Waals surface area contributed by atoms with Crippen molar-refractivity contribution >= 4 is 39.1 Å². The second-order valence-corrected chi connectivity index (χ2v) is 3.79. The SMILES string of the molecule is OCCNC(=S)Nc1ccc(Br)cn1. The van der Waals surface area contributed by atoms with E-state index in [1.807, 2.05) is 6.07 Å². The molecule has 0 atom stereocenters. The summed E-state index contributed by atoms with van der Waals surface area (Å²) in [5, 5.41) is 14.7. The maximum Gasteiger partial charge on any atom is 0.172 e. The lowest BCUT2D eigenvalue weighted by Crippen LogP contribution is -2.30. The van der Waals surface area contributed by atoms with Gasteiger partial charge in [-0.05, 0) is 40.3 Å². The minimum Gasteiger partial charge on any atom is -0.395 e. The number of hydrogen-bond donors (Lipinski definition) is 3. The van der Waals surface area contributed by atoms with Crippen LogP contribution < -0.4 is 10.6 Å². The van der Waals surface area contributed by atoms with E-state index in [4.69, 9.17) is 17.3 Å². The molecule has 0 fully saturated rings. The second kappa shape index (κ2) is 5.90. The number of aromatic nitrogens is 1. The van der Waals surface area contributed by atoms with Crippen molar-refractivity contribution in [1.29, 1.82) is 0 Å². The summed E-state index contributed by atoms with van der Waals surface area (Å²) < 4.78 is 0.914. The predicted molar refractivity (Wildman–Crippen MR) is 63.2 cm³/mol. The number of aliphatic hydroxyl groups is 1. The Morgan fingerprint density at radius 2 is 2.36 bits per heavy atom. The molecule has 0 saturated heterocycles. The van der Waals surface area contributed by atoms with Crippen LogP contribution in [0.1, 0.15) is 0 Å². The van der Waals surface area contributed by atoms with Crippen LogP contribution in [0.25, 0.3) is 0 Å². The largest absolute Gasteiger partial charge is 0.395 e. The molecule has 0 aromatic carbocycles. The summed E-state index contributed by atoms with van der Waals surface area (Å²) in [4.78, 5) is 4.08. The van der Waals surface area contributed by atoms with Crippen LogP contribution in [0.5, 0.6) is 0 Å². The van der Waals surface area contributed by atoms with Gasteiger partial charge in [0.15, 0.2) is 5.11 Å². The smallest absolute Gasteiger partial charge is 0.172 e. The molecule has 0 aliphatic heterocycles. The van der Waals surface area contributed by atoms with E-state index < -0.39 is 0 Å².